The van der Waals surface area contributed by atoms with E-state index >= 15 is 0 Å². The van der Waals surface area contributed by atoms with Crippen molar-refractivity contribution in [2.75, 3.05) is 0 Å². The molecule has 0 aliphatic heterocycles. The van der Waals surface area contributed by atoms with Gasteiger partial charge in [-0.1, -0.05) is 43.5 Å². The lowest BCUT2D eigenvalue weighted by Crippen LogP contribution is -2.05. The van der Waals surface area contributed by atoms with Crippen molar-refractivity contribution in [1.29, 1.82) is 0 Å². The van der Waals surface area contributed by atoms with E-state index in [1.54, 1.807) is 6.92 Å². The monoisotopic (exact) mass is 202 g/mol. The minimum absolute atomic E-state index is 0.379. The minimum Gasteiger partial charge on any atom is -0.428 e. The Labute approximate surface area is 89.9 Å². The molecule has 0 aliphatic carbocycles. The van der Waals surface area contributed by atoms with Crippen LogP contribution >= 0.6 is 0 Å². The number of carbonyl (C=O) groups excluding carboxylic acids is 1. The summed E-state index contributed by atoms with van der Waals surface area (Å²) in [4.78, 5) is 11.2. The van der Waals surface area contributed by atoms with Crippen LogP contribution in [0.1, 0.15) is 12.5 Å². The molecule has 15 heavy (non-hydrogen) atoms. The molecule has 0 amide bonds. The predicted molar refractivity (Wildman–Crippen MR) is 60.2 cm³/mol. The molecular weight excluding hydrogens is 188 g/mol. The van der Waals surface area contributed by atoms with Crippen molar-refractivity contribution in [3.8, 4) is 0 Å². The molecule has 1 aromatic rings. The van der Waals surface area contributed by atoms with Crippen LogP contribution in [-0.2, 0) is 16.0 Å². The largest absolute Gasteiger partial charge is 0.428 e. The first-order chi connectivity index (χ1) is 7.09. The summed E-state index contributed by atoms with van der Waals surface area (Å²) < 4.78 is 4.98. The van der Waals surface area contributed by atoms with Crippen LogP contribution in [0, 0.1) is 0 Å². The van der Waals surface area contributed by atoms with Gasteiger partial charge in [-0.15, -0.1) is 0 Å². The fourth-order valence-corrected chi connectivity index (χ4v) is 1.08. The molecule has 1 aromatic carbocycles. The molecule has 78 valence electrons. The van der Waals surface area contributed by atoms with E-state index in [0.717, 1.165) is 5.56 Å². The summed E-state index contributed by atoms with van der Waals surface area (Å²) in [5.41, 5.74) is 1.45. The molecule has 0 heterocycles. The average Bonchev–Trinajstić information content (AvgIpc) is 2.18. The maximum atomic E-state index is 11.2. The lowest BCUT2D eigenvalue weighted by atomic mass is 10.1. The maximum absolute atomic E-state index is 11.2. The summed E-state index contributed by atoms with van der Waals surface area (Å²) in [6.45, 7) is 8.80. The van der Waals surface area contributed by atoms with Crippen LogP contribution < -0.4 is 0 Å². The molecule has 0 saturated carbocycles. The van der Waals surface area contributed by atoms with Gasteiger partial charge in [-0.2, -0.15) is 0 Å². The SMILES string of the molecule is C=C(Cc1ccccc1)OC(=O)C(=C)C. The van der Waals surface area contributed by atoms with Gasteiger partial charge in [0.1, 0.15) is 5.76 Å². The molecular formula is C13H14O2. The second kappa shape index (κ2) is 5.15. The van der Waals surface area contributed by atoms with Gasteiger partial charge < -0.3 is 4.74 Å². The minimum atomic E-state index is -0.420. The molecule has 2 nitrogen and oxygen atoms in total. The molecule has 0 aromatic heterocycles. The Morgan fingerprint density at radius 3 is 2.40 bits per heavy atom. The van der Waals surface area contributed by atoms with Gasteiger partial charge in [-0.25, -0.2) is 4.79 Å². The van der Waals surface area contributed by atoms with Crippen molar-refractivity contribution in [2.24, 2.45) is 0 Å². The second-order valence-electron chi connectivity index (χ2n) is 3.37. The van der Waals surface area contributed by atoms with Gasteiger partial charge in [0.05, 0.1) is 0 Å². The number of benzene rings is 1. The Balaban J connectivity index is 2.51. The van der Waals surface area contributed by atoms with Crippen molar-refractivity contribution in [1.82, 2.24) is 0 Å². The van der Waals surface area contributed by atoms with Crippen molar-refractivity contribution in [2.45, 2.75) is 13.3 Å². The number of hydrogen-bond donors (Lipinski definition) is 0. The van der Waals surface area contributed by atoms with Crippen molar-refractivity contribution in [3.05, 3.63) is 60.4 Å². The third-order valence-electron chi connectivity index (χ3n) is 1.83. The molecule has 0 N–H and O–H groups in total. The summed E-state index contributed by atoms with van der Waals surface area (Å²) in [7, 11) is 0. The summed E-state index contributed by atoms with van der Waals surface area (Å²) >= 11 is 0. The Hall–Kier alpha value is -1.83. The first kappa shape index (κ1) is 11.2. The molecule has 0 bridgehead atoms. The molecule has 0 unspecified atom stereocenters. The highest BCUT2D eigenvalue weighted by molar-refractivity contribution is 5.87. The summed E-state index contributed by atoms with van der Waals surface area (Å²) in [5, 5.41) is 0. The lowest BCUT2D eigenvalue weighted by Gasteiger charge is -2.06. The number of allylic oxidation sites excluding steroid dienone is 1. The predicted octanol–water partition coefficient (Wildman–Crippen LogP) is 2.86. The van der Waals surface area contributed by atoms with E-state index in [1.807, 2.05) is 30.3 Å². The quantitative estimate of drug-likeness (QED) is 0.426. The zero-order chi connectivity index (χ0) is 11.3. The second-order valence-corrected chi connectivity index (χ2v) is 3.37. The molecule has 1 rings (SSSR count). The first-order valence-electron chi connectivity index (χ1n) is 4.69. The Kier molecular flexibility index (Phi) is 3.86. The maximum Gasteiger partial charge on any atom is 0.338 e. The highest BCUT2D eigenvalue weighted by Crippen LogP contribution is 2.08. The number of rotatable bonds is 4. The Morgan fingerprint density at radius 1 is 1.27 bits per heavy atom. The molecule has 0 saturated heterocycles. The lowest BCUT2D eigenvalue weighted by molar-refractivity contribution is -0.135. The zero-order valence-electron chi connectivity index (χ0n) is 8.82. The Bertz CT molecular complexity index is 377. The van der Waals surface area contributed by atoms with E-state index in [2.05, 4.69) is 13.2 Å². The van der Waals surface area contributed by atoms with Crippen molar-refractivity contribution < 1.29 is 9.53 Å². The van der Waals surface area contributed by atoms with Crippen LogP contribution in [0.3, 0.4) is 0 Å². The van der Waals surface area contributed by atoms with Gasteiger partial charge in [0.25, 0.3) is 0 Å². The van der Waals surface area contributed by atoms with Crippen LogP contribution in [0.5, 0.6) is 0 Å². The number of hydrogen-bond acceptors (Lipinski definition) is 2. The molecule has 0 aliphatic rings. The standard InChI is InChI=1S/C13H14O2/c1-10(2)13(14)15-11(3)9-12-7-5-4-6-8-12/h4-8H,1,3,9H2,2H3. The van der Waals surface area contributed by atoms with Gasteiger partial charge in [0.2, 0.25) is 0 Å². The van der Waals surface area contributed by atoms with E-state index in [9.17, 15) is 4.79 Å². The van der Waals surface area contributed by atoms with Crippen LogP contribution in [0.2, 0.25) is 0 Å². The van der Waals surface area contributed by atoms with Crippen LogP contribution in [0.4, 0.5) is 0 Å². The molecule has 0 atom stereocenters. The molecule has 0 radical (unpaired) electrons. The molecule has 0 fully saturated rings. The molecule has 0 spiro atoms. The van der Waals surface area contributed by atoms with Gasteiger partial charge in [0.15, 0.2) is 0 Å². The van der Waals surface area contributed by atoms with E-state index in [4.69, 9.17) is 4.74 Å². The number of carbonyl (C=O) groups is 1. The fraction of sp³-hybridized carbons (Fsp3) is 0.154. The Morgan fingerprint density at radius 2 is 1.87 bits per heavy atom. The summed E-state index contributed by atoms with van der Waals surface area (Å²) in [5.74, 6) is 0.0186. The number of ether oxygens (including phenoxy) is 1. The van der Waals surface area contributed by atoms with Gasteiger partial charge >= 0.3 is 5.97 Å². The first-order valence-corrected chi connectivity index (χ1v) is 4.69. The topological polar surface area (TPSA) is 26.3 Å². The average molecular weight is 202 g/mol. The zero-order valence-corrected chi connectivity index (χ0v) is 8.82. The third-order valence-corrected chi connectivity index (χ3v) is 1.83. The number of esters is 1. The summed E-state index contributed by atoms with van der Waals surface area (Å²) in [6, 6.07) is 9.72. The van der Waals surface area contributed by atoms with E-state index in [-0.39, 0.29) is 0 Å². The van der Waals surface area contributed by atoms with Crippen LogP contribution in [0.25, 0.3) is 0 Å². The van der Waals surface area contributed by atoms with Gasteiger partial charge in [-0.05, 0) is 12.5 Å². The van der Waals surface area contributed by atoms with E-state index in [1.165, 1.54) is 0 Å². The smallest absolute Gasteiger partial charge is 0.338 e. The van der Waals surface area contributed by atoms with Crippen LogP contribution in [0.15, 0.2) is 54.8 Å². The third kappa shape index (κ3) is 3.81. The van der Waals surface area contributed by atoms with Gasteiger partial charge in [-0.3, -0.25) is 0 Å². The fourth-order valence-electron chi connectivity index (χ4n) is 1.08. The van der Waals surface area contributed by atoms with E-state index < -0.39 is 5.97 Å². The normalized spacial score (nSPS) is 9.40. The van der Waals surface area contributed by atoms with Crippen molar-refractivity contribution in [3.63, 3.8) is 0 Å². The summed E-state index contributed by atoms with van der Waals surface area (Å²) in [6.07, 6.45) is 0.542. The van der Waals surface area contributed by atoms with Gasteiger partial charge in [0, 0.05) is 12.0 Å². The van der Waals surface area contributed by atoms with Crippen molar-refractivity contribution >= 4 is 5.97 Å². The highest BCUT2D eigenvalue weighted by atomic mass is 16.5. The highest BCUT2D eigenvalue weighted by Gasteiger charge is 2.06. The molecule has 2 heteroatoms. The van der Waals surface area contributed by atoms with E-state index in [0.29, 0.717) is 17.8 Å². The van der Waals surface area contributed by atoms with Crippen LogP contribution in [-0.4, -0.2) is 5.97 Å².